The van der Waals surface area contributed by atoms with E-state index in [1.54, 1.807) is 6.21 Å². The Labute approximate surface area is 156 Å². The zero-order valence-corrected chi connectivity index (χ0v) is 16.2. The van der Waals surface area contributed by atoms with Crippen LogP contribution in [-0.4, -0.2) is 23.5 Å². The number of carbonyl (C=O) groups is 1. The molecule has 4 aliphatic carbocycles. The van der Waals surface area contributed by atoms with Crippen LogP contribution in [0.25, 0.3) is 0 Å². The fraction of sp³-hybridized carbons (Fsp3) is 0.727. The number of ether oxygens (including phenoxy) is 1. The van der Waals surface area contributed by atoms with Crippen molar-refractivity contribution in [1.29, 1.82) is 0 Å². The summed E-state index contributed by atoms with van der Waals surface area (Å²) in [5, 5.41) is 12.4. The summed E-state index contributed by atoms with van der Waals surface area (Å²) < 4.78 is 5.52. The Morgan fingerprint density at radius 2 is 1.96 bits per heavy atom. The summed E-state index contributed by atoms with van der Waals surface area (Å²) in [6.45, 7) is 6.34. The number of rotatable bonds is 2. The summed E-state index contributed by atoms with van der Waals surface area (Å²) in [6, 6.07) is 0. The maximum atomic E-state index is 11.3. The SMILES string of the molecule is CC(=O)OC1CC[C@@]2(C)C(=CC[C@@H]3[C@@H]2CC[C@]2(C)C(/C=N/O)=CC[C@@H]32)C1. The standard InChI is InChI=1S/C22H31NO3/c1-14(24)26-17-8-10-21(2)15(12-17)4-6-18-19-7-5-16(13-23-25)22(19,3)11-9-20(18)21/h4-5,13,17-20,25H,6-12H2,1-3H3/b23-13+/t17?,18-,19-,20-,21-,22+/m0/s1. The molecule has 0 heterocycles. The molecule has 4 rings (SSSR count). The Balaban J connectivity index is 1.58. The van der Waals surface area contributed by atoms with Crippen molar-refractivity contribution < 1.29 is 14.7 Å². The van der Waals surface area contributed by atoms with Crippen LogP contribution in [0.15, 0.2) is 28.5 Å². The first-order valence-electron chi connectivity index (χ1n) is 10.1. The monoisotopic (exact) mass is 357 g/mol. The molecule has 4 heteroatoms. The highest BCUT2D eigenvalue weighted by Gasteiger charge is 2.56. The lowest BCUT2D eigenvalue weighted by Gasteiger charge is -2.57. The van der Waals surface area contributed by atoms with Gasteiger partial charge in [0, 0.05) is 13.3 Å². The van der Waals surface area contributed by atoms with E-state index in [0.717, 1.165) is 38.0 Å². The molecule has 4 nitrogen and oxygen atoms in total. The average Bonchev–Trinajstić information content (AvgIpc) is 2.92. The maximum absolute atomic E-state index is 11.3. The van der Waals surface area contributed by atoms with E-state index < -0.39 is 0 Å². The van der Waals surface area contributed by atoms with E-state index in [1.807, 2.05) is 0 Å². The van der Waals surface area contributed by atoms with E-state index >= 15 is 0 Å². The predicted octanol–water partition coefficient (Wildman–Crippen LogP) is 4.88. The van der Waals surface area contributed by atoms with Crippen molar-refractivity contribution in [3.63, 3.8) is 0 Å². The number of nitrogens with zero attached hydrogens (tertiary/aromatic N) is 1. The van der Waals surface area contributed by atoms with E-state index in [-0.39, 0.29) is 22.9 Å². The van der Waals surface area contributed by atoms with E-state index in [0.29, 0.717) is 11.8 Å². The van der Waals surface area contributed by atoms with Crippen LogP contribution >= 0.6 is 0 Å². The molecule has 26 heavy (non-hydrogen) atoms. The third-order valence-electron chi connectivity index (χ3n) is 8.23. The summed E-state index contributed by atoms with van der Waals surface area (Å²) >= 11 is 0. The number of allylic oxidation sites excluding steroid dienone is 3. The van der Waals surface area contributed by atoms with Crippen LogP contribution in [0.4, 0.5) is 0 Å². The fourth-order valence-electron chi connectivity index (χ4n) is 6.83. The van der Waals surface area contributed by atoms with Gasteiger partial charge in [-0.25, -0.2) is 0 Å². The molecule has 2 fully saturated rings. The summed E-state index contributed by atoms with van der Waals surface area (Å²) in [4.78, 5) is 11.3. The Hall–Kier alpha value is -1.58. The van der Waals surface area contributed by atoms with Crippen LogP contribution in [0.1, 0.15) is 65.7 Å². The molecule has 0 aromatic carbocycles. The van der Waals surface area contributed by atoms with Crippen molar-refractivity contribution in [2.24, 2.45) is 33.7 Å². The van der Waals surface area contributed by atoms with Crippen molar-refractivity contribution in [3.05, 3.63) is 23.3 Å². The van der Waals surface area contributed by atoms with Crippen molar-refractivity contribution in [2.75, 3.05) is 0 Å². The van der Waals surface area contributed by atoms with Crippen LogP contribution in [0.2, 0.25) is 0 Å². The van der Waals surface area contributed by atoms with Gasteiger partial charge in [-0.2, -0.15) is 0 Å². The molecule has 0 spiro atoms. The second kappa shape index (κ2) is 6.24. The normalized spacial score (nSPS) is 44.6. The van der Waals surface area contributed by atoms with Gasteiger partial charge in [0.15, 0.2) is 0 Å². The summed E-state index contributed by atoms with van der Waals surface area (Å²) in [7, 11) is 0. The molecule has 0 radical (unpaired) electrons. The highest BCUT2D eigenvalue weighted by atomic mass is 16.5. The zero-order valence-electron chi connectivity index (χ0n) is 16.2. The minimum absolute atomic E-state index is 0.0674. The van der Waals surface area contributed by atoms with Gasteiger partial charge < -0.3 is 9.94 Å². The van der Waals surface area contributed by atoms with Crippen LogP contribution in [0, 0.1) is 28.6 Å². The Morgan fingerprint density at radius 1 is 1.19 bits per heavy atom. The molecule has 0 saturated heterocycles. The molecule has 0 bridgehead atoms. The van der Waals surface area contributed by atoms with Crippen LogP contribution < -0.4 is 0 Å². The smallest absolute Gasteiger partial charge is 0.302 e. The number of hydrogen-bond acceptors (Lipinski definition) is 4. The second-order valence-corrected chi connectivity index (χ2v) is 9.33. The van der Waals surface area contributed by atoms with Crippen LogP contribution in [0.3, 0.4) is 0 Å². The molecule has 142 valence electrons. The Morgan fingerprint density at radius 3 is 2.69 bits per heavy atom. The average molecular weight is 357 g/mol. The highest BCUT2D eigenvalue weighted by molar-refractivity contribution is 5.81. The molecule has 4 aliphatic rings. The van der Waals surface area contributed by atoms with Gasteiger partial charge in [0.05, 0.1) is 6.21 Å². The first-order valence-corrected chi connectivity index (χ1v) is 10.1. The van der Waals surface area contributed by atoms with Gasteiger partial charge in [-0.05, 0) is 72.7 Å². The molecule has 0 aliphatic heterocycles. The maximum Gasteiger partial charge on any atom is 0.302 e. The summed E-state index contributed by atoms with van der Waals surface area (Å²) in [5.74, 6) is 1.91. The van der Waals surface area contributed by atoms with Crippen molar-refractivity contribution in [3.8, 4) is 0 Å². The third kappa shape index (κ3) is 2.56. The molecule has 2 saturated carbocycles. The number of hydrogen-bond donors (Lipinski definition) is 1. The Kier molecular flexibility index (Phi) is 4.28. The first kappa shape index (κ1) is 17.8. The molecule has 0 aromatic rings. The molecule has 1 N–H and O–H groups in total. The second-order valence-electron chi connectivity index (χ2n) is 9.33. The third-order valence-corrected chi connectivity index (χ3v) is 8.23. The molecular formula is C22H31NO3. The molecule has 6 atom stereocenters. The van der Waals surface area contributed by atoms with Gasteiger partial charge in [0.25, 0.3) is 0 Å². The van der Waals surface area contributed by atoms with Gasteiger partial charge in [0.2, 0.25) is 0 Å². The number of esters is 1. The molecular weight excluding hydrogens is 326 g/mol. The van der Waals surface area contributed by atoms with E-state index in [2.05, 4.69) is 31.2 Å². The fourth-order valence-corrected chi connectivity index (χ4v) is 6.83. The van der Waals surface area contributed by atoms with Crippen molar-refractivity contribution >= 4 is 12.2 Å². The van der Waals surface area contributed by atoms with Gasteiger partial charge in [-0.1, -0.05) is 36.7 Å². The molecule has 0 amide bonds. The highest BCUT2D eigenvalue weighted by Crippen LogP contribution is 2.64. The van der Waals surface area contributed by atoms with Crippen molar-refractivity contribution in [2.45, 2.75) is 71.8 Å². The van der Waals surface area contributed by atoms with Crippen molar-refractivity contribution in [1.82, 2.24) is 0 Å². The largest absolute Gasteiger partial charge is 0.462 e. The number of carbonyl (C=O) groups excluding carboxylic acids is 1. The first-order chi connectivity index (χ1) is 12.4. The Bertz CT molecular complexity index is 694. The summed E-state index contributed by atoms with van der Waals surface area (Å²) in [6.07, 6.45) is 14.2. The predicted molar refractivity (Wildman–Crippen MR) is 101 cm³/mol. The van der Waals surface area contributed by atoms with E-state index in [9.17, 15) is 4.79 Å². The lowest BCUT2D eigenvalue weighted by molar-refractivity contribution is -0.148. The van der Waals surface area contributed by atoms with Gasteiger partial charge >= 0.3 is 5.97 Å². The lowest BCUT2D eigenvalue weighted by Crippen LogP contribution is -2.50. The van der Waals surface area contributed by atoms with E-state index in [1.165, 1.54) is 30.9 Å². The lowest BCUT2D eigenvalue weighted by atomic mass is 9.47. The molecule has 1 unspecified atom stereocenters. The van der Waals surface area contributed by atoms with Gasteiger partial charge in [-0.3, -0.25) is 4.79 Å². The number of oxime groups is 1. The van der Waals surface area contributed by atoms with Gasteiger partial charge in [-0.15, -0.1) is 0 Å². The number of fused-ring (bicyclic) bond motifs is 5. The minimum Gasteiger partial charge on any atom is -0.462 e. The summed E-state index contributed by atoms with van der Waals surface area (Å²) in [5.41, 5.74) is 3.17. The van der Waals surface area contributed by atoms with E-state index in [4.69, 9.17) is 9.94 Å². The minimum atomic E-state index is -0.156. The molecule has 0 aromatic heterocycles. The van der Waals surface area contributed by atoms with Crippen LogP contribution in [-0.2, 0) is 9.53 Å². The quantitative estimate of drug-likeness (QED) is 0.252. The zero-order chi connectivity index (χ0) is 18.5. The van der Waals surface area contributed by atoms with Gasteiger partial charge in [0.1, 0.15) is 6.10 Å². The topological polar surface area (TPSA) is 58.9 Å². The van der Waals surface area contributed by atoms with Crippen LogP contribution in [0.5, 0.6) is 0 Å².